The first kappa shape index (κ1) is 12.8. The van der Waals surface area contributed by atoms with Gasteiger partial charge in [-0.3, -0.25) is 4.79 Å². The Bertz CT molecular complexity index is 722. The maximum absolute atomic E-state index is 12.3. The number of benzene rings is 2. The normalized spacial score (nSPS) is 15.4. The van der Waals surface area contributed by atoms with Crippen LogP contribution in [0.5, 0.6) is 5.75 Å². The van der Waals surface area contributed by atoms with E-state index in [0.717, 1.165) is 21.8 Å². The van der Waals surface area contributed by atoms with Gasteiger partial charge >= 0.3 is 0 Å². The van der Waals surface area contributed by atoms with Crippen LogP contribution in [-0.2, 0) is 0 Å². The fraction of sp³-hybridized carbons (Fsp3) is 0.0625. The van der Waals surface area contributed by atoms with E-state index in [4.69, 9.17) is 10.5 Å². The van der Waals surface area contributed by atoms with Crippen LogP contribution in [0.1, 0.15) is 15.9 Å². The van der Waals surface area contributed by atoms with Crippen molar-refractivity contribution in [2.75, 3.05) is 12.8 Å². The summed E-state index contributed by atoms with van der Waals surface area (Å²) in [6.45, 7) is 0. The number of ketones is 1. The van der Waals surface area contributed by atoms with Gasteiger partial charge in [0.05, 0.1) is 12.0 Å². The Morgan fingerprint density at radius 1 is 1.20 bits per heavy atom. The highest BCUT2D eigenvalue weighted by Gasteiger charge is 2.26. The molecule has 0 radical (unpaired) electrons. The smallest absolute Gasteiger partial charge is 0.200 e. The van der Waals surface area contributed by atoms with E-state index in [1.54, 1.807) is 19.2 Å². The van der Waals surface area contributed by atoms with Crippen LogP contribution in [0.2, 0.25) is 0 Å². The average molecular weight is 283 g/mol. The monoisotopic (exact) mass is 283 g/mol. The quantitative estimate of drug-likeness (QED) is 0.675. The van der Waals surface area contributed by atoms with E-state index >= 15 is 0 Å². The molecule has 0 amide bonds. The van der Waals surface area contributed by atoms with Gasteiger partial charge in [-0.15, -0.1) is 0 Å². The third-order valence-electron chi connectivity index (χ3n) is 3.16. The number of anilines is 1. The Morgan fingerprint density at radius 2 is 2.00 bits per heavy atom. The third-order valence-corrected chi connectivity index (χ3v) is 4.24. The molecule has 0 atom stereocenters. The number of para-hydroxylation sites is 1. The molecule has 0 bridgehead atoms. The maximum atomic E-state index is 12.3. The zero-order valence-corrected chi connectivity index (χ0v) is 11.7. The molecule has 1 aliphatic heterocycles. The highest BCUT2D eigenvalue weighted by molar-refractivity contribution is 8.04. The van der Waals surface area contributed by atoms with Crippen LogP contribution in [-0.4, -0.2) is 12.9 Å². The largest absolute Gasteiger partial charge is 0.497 e. The number of nitrogen functional groups attached to an aromatic ring is 1. The van der Waals surface area contributed by atoms with Crippen LogP contribution < -0.4 is 10.5 Å². The van der Waals surface area contributed by atoms with E-state index in [9.17, 15) is 4.79 Å². The van der Waals surface area contributed by atoms with Crippen molar-refractivity contribution in [2.45, 2.75) is 4.90 Å². The number of hydrogen-bond donors (Lipinski definition) is 1. The molecule has 2 aromatic rings. The van der Waals surface area contributed by atoms with E-state index in [1.807, 2.05) is 36.4 Å². The minimum atomic E-state index is 0.0379. The lowest BCUT2D eigenvalue weighted by atomic mass is 10.1. The first-order chi connectivity index (χ1) is 9.69. The van der Waals surface area contributed by atoms with Crippen molar-refractivity contribution < 1.29 is 9.53 Å². The molecule has 0 aliphatic carbocycles. The Hall–Kier alpha value is -2.20. The molecule has 100 valence electrons. The number of methoxy groups -OCH3 is 1. The molecule has 0 unspecified atom stereocenters. The SMILES string of the molecule is COc1ccc2c(c1)SC(=Cc1ccccc1N)C2=O. The molecule has 1 aliphatic rings. The zero-order valence-electron chi connectivity index (χ0n) is 10.9. The molecular formula is C16H13NO2S. The van der Waals surface area contributed by atoms with Crippen LogP contribution in [0.25, 0.3) is 6.08 Å². The Kier molecular flexibility index (Phi) is 3.24. The Morgan fingerprint density at radius 3 is 2.75 bits per heavy atom. The van der Waals surface area contributed by atoms with Gasteiger partial charge in [-0.2, -0.15) is 0 Å². The van der Waals surface area contributed by atoms with Gasteiger partial charge in [0, 0.05) is 16.1 Å². The van der Waals surface area contributed by atoms with E-state index < -0.39 is 0 Å². The molecule has 3 nitrogen and oxygen atoms in total. The number of fused-ring (bicyclic) bond motifs is 1. The van der Waals surface area contributed by atoms with E-state index in [0.29, 0.717) is 10.6 Å². The van der Waals surface area contributed by atoms with Crippen molar-refractivity contribution in [2.24, 2.45) is 0 Å². The number of ether oxygens (including phenoxy) is 1. The molecule has 0 fully saturated rings. The minimum absolute atomic E-state index is 0.0379. The molecule has 3 rings (SSSR count). The summed E-state index contributed by atoms with van der Waals surface area (Å²) in [6.07, 6.45) is 1.84. The standard InChI is InChI=1S/C16H13NO2S/c1-19-11-6-7-12-14(9-11)20-15(16(12)18)8-10-4-2-3-5-13(10)17/h2-9H,17H2,1H3. The third kappa shape index (κ3) is 2.18. The van der Waals surface area contributed by atoms with Gasteiger partial charge in [-0.1, -0.05) is 30.0 Å². The summed E-state index contributed by atoms with van der Waals surface area (Å²) in [5.74, 6) is 0.792. The van der Waals surface area contributed by atoms with Gasteiger partial charge < -0.3 is 10.5 Å². The summed E-state index contributed by atoms with van der Waals surface area (Å²) >= 11 is 1.45. The molecule has 2 N–H and O–H groups in total. The summed E-state index contributed by atoms with van der Waals surface area (Å²) < 4.78 is 5.18. The lowest BCUT2D eigenvalue weighted by molar-refractivity contribution is 0.104. The number of nitrogens with two attached hydrogens (primary N) is 1. The maximum Gasteiger partial charge on any atom is 0.200 e. The van der Waals surface area contributed by atoms with Crippen molar-refractivity contribution in [3.05, 3.63) is 58.5 Å². The molecular weight excluding hydrogens is 270 g/mol. The number of rotatable bonds is 2. The van der Waals surface area contributed by atoms with Gasteiger partial charge in [0.15, 0.2) is 0 Å². The summed E-state index contributed by atoms with van der Waals surface area (Å²) in [4.78, 5) is 14.0. The van der Waals surface area contributed by atoms with Gasteiger partial charge in [-0.05, 0) is 35.9 Å². The summed E-state index contributed by atoms with van der Waals surface area (Å²) in [6, 6.07) is 13.0. The first-order valence-corrected chi connectivity index (χ1v) is 6.97. The van der Waals surface area contributed by atoms with Crippen LogP contribution in [0.4, 0.5) is 5.69 Å². The van der Waals surface area contributed by atoms with Crippen LogP contribution in [0, 0.1) is 0 Å². The number of Topliss-reactive ketones (excluding diaryl/α,β-unsaturated/α-hetero) is 1. The van der Waals surface area contributed by atoms with Gasteiger partial charge in [0.1, 0.15) is 5.75 Å². The fourth-order valence-corrected chi connectivity index (χ4v) is 3.15. The predicted octanol–water partition coefficient (Wildman–Crippen LogP) is 3.61. The van der Waals surface area contributed by atoms with E-state index in [1.165, 1.54) is 11.8 Å². The highest BCUT2D eigenvalue weighted by atomic mass is 32.2. The topological polar surface area (TPSA) is 52.3 Å². The molecule has 0 aromatic heterocycles. The van der Waals surface area contributed by atoms with E-state index in [-0.39, 0.29) is 5.78 Å². The second kappa shape index (κ2) is 5.06. The van der Waals surface area contributed by atoms with Crippen molar-refractivity contribution in [1.82, 2.24) is 0 Å². The molecule has 1 heterocycles. The van der Waals surface area contributed by atoms with Gasteiger partial charge in [-0.25, -0.2) is 0 Å². The van der Waals surface area contributed by atoms with Crippen LogP contribution >= 0.6 is 11.8 Å². The summed E-state index contributed by atoms with van der Waals surface area (Å²) in [5.41, 5.74) is 8.16. The van der Waals surface area contributed by atoms with E-state index in [2.05, 4.69) is 0 Å². The highest BCUT2D eigenvalue weighted by Crippen LogP contribution is 2.42. The minimum Gasteiger partial charge on any atom is -0.497 e. The molecule has 2 aromatic carbocycles. The number of hydrogen-bond acceptors (Lipinski definition) is 4. The van der Waals surface area contributed by atoms with Crippen molar-refractivity contribution in [3.8, 4) is 5.75 Å². The second-order valence-corrected chi connectivity index (χ2v) is 5.51. The van der Waals surface area contributed by atoms with Gasteiger partial charge in [0.25, 0.3) is 0 Å². The second-order valence-electron chi connectivity index (χ2n) is 4.43. The molecule has 0 spiro atoms. The van der Waals surface area contributed by atoms with Crippen molar-refractivity contribution in [1.29, 1.82) is 0 Å². The van der Waals surface area contributed by atoms with Gasteiger partial charge in [0.2, 0.25) is 5.78 Å². The van der Waals surface area contributed by atoms with Crippen molar-refractivity contribution in [3.63, 3.8) is 0 Å². The number of allylic oxidation sites excluding steroid dienone is 1. The lowest BCUT2D eigenvalue weighted by Gasteiger charge is -2.00. The first-order valence-electron chi connectivity index (χ1n) is 6.16. The Labute approximate surface area is 121 Å². The molecule has 0 saturated heterocycles. The summed E-state index contributed by atoms with van der Waals surface area (Å²) in [5, 5.41) is 0. The molecule has 0 saturated carbocycles. The molecule has 4 heteroatoms. The predicted molar refractivity (Wildman–Crippen MR) is 82.0 cm³/mol. The fourth-order valence-electron chi connectivity index (χ4n) is 2.08. The average Bonchev–Trinajstić information content (AvgIpc) is 2.77. The summed E-state index contributed by atoms with van der Waals surface area (Å²) in [7, 11) is 1.62. The van der Waals surface area contributed by atoms with Crippen LogP contribution in [0.15, 0.2) is 52.3 Å². The molecule has 20 heavy (non-hydrogen) atoms. The lowest BCUT2D eigenvalue weighted by Crippen LogP contribution is -1.95. The zero-order chi connectivity index (χ0) is 14.1. The van der Waals surface area contributed by atoms with Crippen molar-refractivity contribution >= 4 is 29.3 Å². The number of carbonyl (C=O) groups is 1. The Balaban J connectivity index is 1.99. The number of thioether (sulfide) groups is 1. The number of carbonyl (C=O) groups excluding carboxylic acids is 1. The van der Waals surface area contributed by atoms with Crippen LogP contribution in [0.3, 0.4) is 0 Å².